The Balaban J connectivity index is 2.19. The van der Waals surface area contributed by atoms with Gasteiger partial charge in [0.05, 0.1) is 0 Å². The van der Waals surface area contributed by atoms with E-state index in [2.05, 4.69) is 0 Å². The van der Waals surface area contributed by atoms with Gasteiger partial charge in [-0.2, -0.15) is 0 Å². The van der Waals surface area contributed by atoms with Crippen LogP contribution < -0.4 is 0 Å². The lowest BCUT2D eigenvalue weighted by Gasteiger charge is -2.13. The van der Waals surface area contributed by atoms with Gasteiger partial charge in [-0.05, 0) is 29.3 Å². The first-order valence-electron chi connectivity index (χ1n) is 7.67. The fourth-order valence-electron chi connectivity index (χ4n) is 2.49. The Kier molecular flexibility index (Phi) is 5.59. The zero-order chi connectivity index (χ0) is 17.6. The van der Waals surface area contributed by atoms with E-state index in [0.29, 0.717) is 10.6 Å². The first-order chi connectivity index (χ1) is 12.1. The molecule has 0 bridgehead atoms. The van der Waals surface area contributed by atoms with Crippen LogP contribution >= 0.6 is 23.4 Å². The smallest absolute Gasteiger partial charge is 0.343 e. The van der Waals surface area contributed by atoms with Crippen molar-refractivity contribution in [1.29, 1.82) is 0 Å². The number of aliphatic carboxylic acids is 1. The van der Waals surface area contributed by atoms with Gasteiger partial charge in [-0.1, -0.05) is 90.1 Å². The summed E-state index contributed by atoms with van der Waals surface area (Å²) in [5, 5.41) is 10.5. The highest BCUT2D eigenvalue weighted by Crippen LogP contribution is 2.37. The summed E-state index contributed by atoms with van der Waals surface area (Å²) in [4.78, 5) is 13.1. The van der Waals surface area contributed by atoms with E-state index in [1.165, 1.54) is 11.8 Å². The summed E-state index contributed by atoms with van der Waals surface area (Å²) < 4.78 is 0. The molecule has 3 aromatic rings. The molecule has 0 amide bonds. The third-order valence-electron chi connectivity index (χ3n) is 3.56. The minimum Gasteiger partial charge on any atom is -0.477 e. The lowest BCUT2D eigenvalue weighted by atomic mass is 9.97. The number of rotatable bonds is 5. The van der Waals surface area contributed by atoms with Crippen molar-refractivity contribution in [3.63, 3.8) is 0 Å². The summed E-state index contributed by atoms with van der Waals surface area (Å²) in [6.45, 7) is 0. The second kappa shape index (κ2) is 8.06. The largest absolute Gasteiger partial charge is 0.477 e. The molecule has 3 rings (SSSR count). The van der Waals surface area contributed by atoms with E-state index in [4.69, 9.17) is 11.6 Å². The first-order valence-corrected chi connectivity index (χ1v) is 8.86. The molecule has 0 atom stereocenters. The SMILES string of the molecule is O=C(O)C(Sc1cccc(Cl)c1)=C(c1ccccc1)c1ccccc1. The lowest BCUT2D eigenvalue weighted by molar-refractivity contribution is -0.131. The molecule has 0 saturated carbocycles. The molecule has 0 aliphatic rings. The molecule has 0 fully saturated rings. The van der Waals surface area contributed by atoms with Gasteiger partial charge in [0.15, 0.2) is 0 Å². The maximum Gasteiger partial charge on any atom is 0.343 e. The Morgan fingerprint density at radius 1 is 0.800 bits per heavy atom. The monoisotopic (exact) mass is 366 g/mol. The molecule has 25 heavy (non-hydrogen) atoms. The second-order valence-electron chi connectivity index (χ2n) is 5.30. The standard InChI is InChI=1S/C21H15ClO2S/c22-17-12-7-13-18(14-17)25-20(21(23)24)19(15-8-3-1-4-9-15)16-10-5-2-6-11-16/h1-14H,(H,23,24). The van der Waals surface area contributed by atoms with Crippen LogP contribution in [0.25, 0.3) is 5.57 Å². The third kappa shape index (κ3) is 4.32. The number of hydrogen-bond acceptors (Lipinski definition) is 2. The van der Waals surface area contributed by atoms with Crippen LogP contribution in [0.5, 0.6) is 0 Å². The predicted molar refractivity (Wildman–Crippen MR) is 104 cm³/mol. The maximum absolute atomic E-state index is 12.1. The van der Waals surface area contributed by atoms with E-state index in [0.717, 1.165) is 16.0 Å². The van der Waals surface area contributed by atoms with E-state index >= 15 is 0 Å². The average Bonchev–Trinajstić information content (AvgIpc) is 2.63. The Morgan fingerprint density at radius 3 is 1.84 bits per heavy atom. The van der Waals surface area contributed by atoms with Crippen molar-refractivity contribution in [3.05, 3.63) is 106 Å². The van der Waals surface area contributed by atoms with E-state index in [9.17, 15) is 9.90 Å². The fourth-order valence-corrected chi connectivity index (χ4v) is 3.74. The molecular formula is C21H15ClO2S. The van der Waals surface area contributed by atoms with E-state index in [1.807, 2.05) is 72.8 Å². The number of hydrogen-bond donors (Lipinski definition) is 1. The number of thioether (sulfide) groups is 1. The average molecular weight is 367 g/mol. The van der Waals surface area contributed by atoms with Crippen LogP contribution in [0.3, 0.4) is 0 Å². The first kappa shape index (κ1) is 17.3. The second-order valence-corrected chi connectivity index (χ2v) is 6.82. The van der Waals surface area contributed by atoms with Crippen molar-refractivity contribution in [3.8, 4) is 0 Å². The molecule has 0 spiro atoms. The Labute approximate surface area is 155 Å². The van der Waals surface area contributed by atoms with Crippen molar-refractivity contribution >= 4 is 34.9 Å². The normalized spacial score (nSPS) is 10.3. The summed E-state index contributed by atoms with van der Waals surface area (Å²) >= 11 is 7.25. The number of carboxylic acids is 1. The molecule has 1 N–H and O–H groups in total. The zero-order valence-electron chi connectivity index (χ0n) is 13.2. The van der Waals surface area contributed by atoms with Crippen molar-refractivity contribution in [2.24, 2.45) is 0 Å². The molecule has 2 nitrogen and oxygen atoms in total. The molecule has 0 aromatic heterocycles. The van der Waals surface area contributed by atoms with Gasteiger partial charge in [0.2, 0.25) is 0 Å². The fraction of sp³-hybridized carbons (Fsp3) is 0. The Bertz CT molecular complexity index is 864. The van der Waals surface area contributed by atoms with Crippen LogP contribution in [0.15, 0.2) is 94.7 Å². The number of carbonyl (C=O) groups is 1. The molecule has 0 aliphatic heterocycles. The highest BCUT2D eigenvalue weighted by atomic mass is 35.5. The van der Waals surface area contributed by atoms with Gasteiger partial charge in [0.1, 0.15) is 4.91 Å². The molecular weight excluding hydrogens is 352 g/mol. The van der Waals surface area contributed by atoms with Crippen LogP contribution in [-0.4, -0.2) is 11.1 Å². The van der Waals surface area contributed by atoms with Crippen molar-refractivity contribution in [1.82, 2.24) is 0 Å². The number of benzene rings is 3. The van der Waals surface area contributed by atoms with Crippen LogP contribution in [0.1, 0.15) is 11.1 Å². The van der Waals surface area contributed by atoms with Crippen molar-refractivity contribution < 1.29 is 9.90 Å². The molecule has 124 valence electrons. The van der Waals surface area contributed by atoms with Gasteiger partial charge in [0.25, 0.3) is 0 Å². The van der Waals surface area contributed by atoms with Crippen LogP contribution in [0.4, 0.5) is 0 Å². The molecule has 4 heteroatoms. The van der Waals surface area contributed by atoms with Crippen molar-refractivity contribution in [2.75, 3.05) is 0 Å². The number of carboxylic acid groups (broad SMARTS) is 1. The van der Waals surface area contributed by atoms with Gasteiger partial charge in [0, 0.05) is 15.5 Å². The maximum atomic E-state index is 12.1. The molecule has 3 aromatic carbocycles. The molecule has 0 unspecified atom stereocenters. The summed E-state index contributed by atoms with van der Waals surface area (Å²) in [6.07, 6.45) is 0. The third-order valence-corrected chi connectivity index (χ3v) is 4.87. The molecule has 0 saturated heterocycles. The van der Waals surface area contributed by atoms with Gasteiger partial charge >= 0.3 is 5.97 Å². The van der Waals surface area contributed by atoms with Gasteiger partial charge in [-0.15, -0.1) is 0 Å². The van der Waals surface area contributed by atoms with Gasteiger partial charge in [-0.3, -0.25) is 0 Å². The highest BCUT2D eigenvalue weighted by molar-refractivity contribution is 8.04. The zero-order valence-corrected chi connectivity index (χ0v) is 14.8. The van der Waals surface area contributed by atoms with E-state index in [-0.39, 0.29) is 4.91 Å². The lowest BCUT2D eigenvalue weighted by Crippen LogP contribution is -2.03. The summed E-state index contributed by atoms with van der Waals surface area (Å²) in [5.74, 6) is -0.965. The Morgan fingerprint density at radius 2 is 1.36 bits per heavy atom. The summed E-state index contributed by atoms with van der Waals surface area (Å²) in [5.41, 5.74) is 2.42. The van der Waals surface area contributed by atoms with E-state index in [1.54, 1.807) is 12.1 Å². The van der Waals surface area contributed by atoms with Gasteiger partial charge in [-0.25, -0.2) is 4.79 Å². The highest BCUT2D eigenvalue weighted by Gasteiger charge is 2.19. The summed E-state index contributed by atoms with van der Waals surface area (Å²) in [7, 11) is 0. The topological polar surface area (TPSA) is 37.3 Å². The number of halogens is 1. The van der Waals surface area contributed by atoms with E-state index < -0.39 is 5.97 Å². The van der Waals surface area contributed by atoms with Crippen LogP contribution in [-0.2, 0) is 4.79 Å². The predicted octanol–water partition coefficient (Wildman–Crippen LogP) is 5.98. The summed E-state index contributed by atoms with van der Waals surface area (Å²) in [6, 6.07) is 26.3. The minimum absolute atomic E-state index is 0.264. The Hall–Kier alpha value is -2.49. The molecule has 0 heterocycles. The van der Waals surface area contributed by atoms with Crippen LogP contribution in [0.2, 0.25) is 5.02 Å². The molecule has 0 radical (unpaired) electrons. The minimum atomic E-state index is -0.965. The van der Waals surface area contributed by atoms with Crippen LogP contribution in [0, 0.1) is 0 Å². The molecule has 0 aliphatic carbocycles. The van der Waals surface area contributed by atoms with Crippen molar-refractivity contribution in [2.45, 2.75) is 4.90 Å². The quantitative estimate of drug-likeness (QED) is 0.446. The van der Waals surface area contributed by atoms with Gasteiger partial charge < -0.3 is 5.11 Å².